The van der Waals surface area contributed by atoms with Crippen LogP contribution in [-0.2, 0) is 4.79 Å². The van der Waals surface area contributed by atoms with Crippen molar-refractivity contribution in [1.82, 2.24) is 4.98 Å². The fourth-order valence-electron chi connectivity index (χ4n) is 4.83. The molecule has 4 N–H and O–H groups in total. The number of carboxylic acids is 1. The number of carbonyl (C=O) groups is 1. The molecule has 178 valence electrons. The van der Waals surface area contributed by atoms with E-state index in [-0.39, 0.29) is 6.54 Å². The van der Waals surface area contributed by atoms with Crippen LogP contribution in [0.5, 0.6) is 11.5 Å². The number of anilines is 1. The minimum Gasteiger partial charge on any atom is -0.497 e. The van der Waals surface area contributed by atoms with Crippen molar-refractivity contribution in [2.75, 3.05) is 25.6 Å². The Morgan fingerprint density at radius 1 is 1.09 bits per heavy atom. The zero-order valence-electron chi connectivity index (χ0n) is 19.6. The van der Waals surface area contributed by atoms with Crippen LogP contribution in [0.2, 0.25) is 0 Å². The summed E-state index contributed by atoms with van der Waals surface area (Å²) in [5, 5.41) is 13.9. The number of aliphatic carboxylic acids is 1. The second-order valence-corrected chi connectivity index (χ2v) is 8.44. The van der Waals surface area contributed by atoms with E-state index < -0.39 is 17.9 Å². The average molecular weight is 470 g/mol. The van der Waals surface area contributed by atoms with Crippen LogP contribution in [-0.4, -0.2) is 42.4 Å². The summed E-state index contributed by atoms with van der Waals surface area (Å²) in [6, 6.07) is 20.8. The third-order valence-electron chi connectivity index (χ3n) is 6.48. The lowest BCUT2D eigenvalue weighted by molar-refractivity contribution is -0.138. The Hall–Kier alpha value is -4.10. The number of hydrogen-bond donors (Lipinski definition) is 3. The SMILES string of the molecule is CCOc1ccccc1-c1ccc(-c2nc3ccc(OC)cc3c3c2C(CN)[C@H](C(=O)O)N3)cc1. The summed E-state index contributed by atoms with van der Waals surface area (Å²) in [4.78, 5) is 17.0. The van der Waals surface area contributed by atoms with E-state index in [1.807, 2.05) is 73.7 Å². The maximum Gasteiger partial charge on any atom is 0.326 e. The molecule has 0 aliphatic carbocycles. The molecule has 0 saturated heterocycles. The number of nitrogens with one attached hydrogen (secondary N) is 1. The number of fused-ring (bicyclic) bond motifs is 3. The number of hydrogen-bond acceptors (Lipinski definition) is 6. The van der Waals surface area contributed by atoms with Gasteiger partial charge in [-0.05, 0) is 36.8 Å². The van der Waals surface area contributed by atoms with Gasteiger partial charge in [0.15, 0.2) is 0 Å². The summed E-state index contributed by atoms with van der Waals surface area (Å²) in [6.45, 7) is 2.74. The molecular formula is C28H27N3O4. The van der Waals surface area contributed by atoms with Gasteiger partial charge in [0.05, 0.1) is 30.6 Å². The van der Waals surface area contributed by atoms with E-state index in [0.29, 0.717) is 12.4 Å². The van der Waals surface area contributed by atoms with Crippen LogP contribution in [0.4, 0.5) is 5.69 Å². The Kier molecular flexibility index (Phi) is 6.01. The van der Waals surface area contributed by atoms with Crippen molar-refractivity contribution in [3.05, 3.63) is 72.3 Å². The lowest BCUT2D eigenvalue weighted by Crippen LogP contribution is -2.34. The van der Waals surface area contributed by atoms with Crippen molar-refractivity contribution >= 4 is 22.6 Å². The number of benzene rings is 3. The number of methoxy groups -OCH3 is 1. The van der Waals surface area contributed by atoms with Crippen LogP contribution in [0.15, 0.2) is 66.7 Å². The van der Waals surface area contributed by atoms with Crippen molar-refractivity contribution in [3.63, 3.8) is 0 Å². The van der Waals surface area contributed by atoms with E-state index in [9.17, 15) is 9.90 Å². The molecule has 0 saturated carbocycles. The molecule has 35 heavy (non-hydrogen) atoms. The van der Waals surface area contributed by atoms with Gasteiger partial charge in [-0.25, -0.2) is 9.78 Å². The first kappa shape index (κ1) is 22.7. The number of nitrogens with zero attached hydrogens (tertiary/aromatic N) is 1. The Morgan fingerprint density at radius 3 is 2.51 bits per heavy atom. The summed E-state index contributed by atoms with van der Waals surface area (Å²) >= 11 is 0. The Bertz CT molecular complexity index is 1400. The average Bonchev–Trinajstić information content (AvgIpc) is 3.29. The quantitative estimate of drug-likeness (QED) is 0.353. The third-order valence-corrected chi connectivity index (χ3v) is 6.48. The van der Waals surface area contributed by atoms with E-state index in [1.54, 1.807) is 7.11 Å². The summed E-state index contributed by atoms with van der Waals surface area (Å²) in [5.74, 6) is 0.148. The smallest absolute Gasteiger partial charge is 0.326 e. The predicted molar refractivity (Wildman–Crippen MR) is 137 cm³/mol. The summed E-state index contributed by atoms with van der Waals surface area (Å²) in [5.41, 5.74) is 12.1. The summed E-state index contributed by atoms with van der Waals surface area (Å²) in [7, 11) is 1.60. The molecule has 1 aliphatic heterocycles. The Morgan fingerprint density at radius 2 is 1.83 bits per heavy atom. The number of pyridine rings is 1. The highest BCUT2D eigenvalue weighted by molar-refractivity contribution is 6.01. The first-order chi connectivity index (χ1) is 17.0. The number of nitrogens with two attached hydrogens (primary N) is 1. The molecule has 7 nitrogen and oxygen atoms in total. The van der Waals surface area contributed by atoms with E-state index in [0.717, 1.165) is 50.3 Å². The van der Waals surface area contributed by atoms with Gasteiger partial charge in [-0.3, -0.25) is 0 Å². The third kappa shape index (κ3) is 3.94. The van der Waals surface area contributed by atoms with Gasteiger partial charge in [-0.2, -0.15) is 0 Å². The molecule has 1 unspecified atom stereocenters. The van der Waals surface area contributed by atoms with Crippen LogP contribution in [0, 0.1) is 0 Å². The molecule has 1 aromatic heterocycles. The van der Waals surface area contributed by atoms with Gasteiger partial charge in [-0.15, -0.1) is 0 Å². The maximum atomic E-state index is 12.1. The van der Waals surface area contributed by atoms with Crippen LogP contribution in [0.25, 0.3) is 33.3 Å². The number of carboxylic acid groups (broad SMARTS) is 1. The van der Waals surface area contributed by atoms with E-state index in [1.165, 1.54) is 0 Å². The number of aromatic nitrogens is 1. The fourth-order valence-corrected chi connectivity index (χ4v) is 4.83. The van der Waals surface area contributed by atoms with Crippen molar-refractivity contribution in [3.8, 4) is 33.9 Å². The zero-order chi connectivity index (χ0) is 24.5. The molecule has 4 aromatic rings. The number of rotatable bonds is 7. The summed E-state index contributed by atoms with van der Waals surface area (Å²) in [6.07, 6.45) is 0. The van der Waals surface area contributed by atoms with Crippen molar-refractivity contribution in [1.29, 1.82) is 0 Å². The lowest BCUT2D eigenvalue weighted by atomic mass is 9.90. The zero-order valence-corrected chi connectivity index (χ0v) is 19.6. The largest absolute Gasteiger partial charge is 0.497 e. The highest BCUT2D eigenvalue weighted by Crippen LogP contribution is 2.46. The first-order valence-electron chi connectivity index (χ1n) is 11.6. The molecule has 0 amide bonds. The minimum absolute atomic E-state index is 0.181. The van der Waals surface area contributed by atoms with Gasteiger partial charge in [-0.1, -0.05) is 42.5 Å². The van der Waals surface area contributed by atoms with Crippen molar-refractivity contribution in [2.24, 2.45) is 5.73 Å². The second kappa shape index (κ2) is 9.27. The molecule has 7 heteroatoms. The van der Waals surface area contributed by atoms with Gasteiger partial charge >= 0.3 is 5.97 Å². The van der Waals surface area contributed by atoms with Crippen LogP contribution >= 0.6 is 0 Å². The Labute approximate surface area is 203 Å². The molecule has 5 rings (SSSR count). The molecule has 0 spiro atoms. The van der Waals surface area contributed by atoms with Gasteiger partial charge in [0.1, 0.15) is 17.5 Å². The molecule has 0 bridgehead atoms. The molecule has 2 heterocycles. The van der Waals surface area contributed by atoms with E-state index in [4.69, 9.17) is 20.2 Å². The minimum atomic E-state index is -0.943. The molecule has 0 radical (unpaired) electrons. The molecule has 2 atom stereocenters. The molecular weight excluding hydrogens is 442 g/mol. The van der Waals surface area contributed by atoms with Gasteiger partial charge < -0.3 is 25.6 Å². The standard InChI is InChI=1S/C28H27N3O4/c1-3-35-23-7-5-4-6-19(23)16-8-10-17(11-9-16)25-24-21(15-29)27(28(32)33)31-26(24)20-14-18(34-2)12-13-22(20)30-25/h4-14,21,27,31H,3,15,29H2,1-2H3,(H,32,33)/t21?,27-/m1/s1. The van der Waals surface area contributed by atoms with Crippen LogP contribution in [0.3, 0.4) is 0 Å². The first-order valence-corrected chi connectivity index (χ1v) is 11.6. The summed E-state index contributed by atoms with van der Waals surface area (Å²) < 4.78 is 11.2. The molecule has 1 aliphatic rings. The van der Waals surface area contributed by atoms with E-state index in [2.05, 4.69) is 5.32 Å². The molecule has 3 aromatic carbocycles. The maximum absolute atomic E-state index is 12.1. The van der Waals surface area contributed by atoms with Crippen LogP contribution in [0.1, 0.15) is 18.4 Å². The molecule has 0 fully saturated rings. The van der Waals surface area contributed by atoms with Crippen LogP contribution < -0.4 is 20.5 Å². The monoisotopic (exact) mass is 469 g/mol. The highest BCUT2D eigenvalue weighted by atomic mass is 16.5. The van der Waals surface area contributed by atoms with Crippen molar-refractivity contribution in [2.45, 2.75) is 18.9 Å². The fraction of sp³-hybridized carbons (Fsp3) is 0.214. The lowest BCUT2D eigenvalue weighted by Gasteiger charge is -2.17. The van der Waals surface area contributed by atoms with E-state index >= 15 is 0 Å². The van der Waals surface area contributed by atoms with Crippen molar-refractivity contribution < 1.29 is 19.4 Å². The topological polar surface area (TPSA) is 107 Å². The Balaban J connectivity index is 1.66. The van der Waals surface area contributed by atoms with Gasteiger partial charge in [0, 0.05) is 34.5 Å². The second-order valence-electron chi connectivity index (χ2n) is 8.44. The van der Waals surface area contributed by atoms with Gasteiger partial charge in [0.25, 0.3) is 0 Å². The number of para-hydroxylation sites is 1. The highest BCUT2D eigenvalue weighted by Gasteiger charge is 2.40. The normalized spacial score (nSPS) is 16.5. The number of ether oxygens (including phenoxy) is 2. The van der Waals surface area contributed by atoms with Gasteiger partial charge in [0.2, 0.25) is 0 Å². The predicted octanol–water partition coefficient (Wildman–Crippen LogP) is 4.90.